The van der Waals surface area contributed by atoms with E-state index in [2.05, 4.69) is 5.32 Å². The molecule has 0 fully saturated rings. The number of hydrogen-bond donors (Lipinski definition) is 1. The maximum Gasteiger partial charge on any atom is 0.255 e. The van der Waals surface area contributed by atoms with Gasteiger partial charge in [0.25, 0.3) is 5.91 Å². The number of rotatable bonds is 6. The molecule has 0 heterocycles. The molecule has 0 spiro atoms. The van der Waals surface area contributed by atoms with Gasteiger partial charge in [-0.25, -0.2) is 17.2 Å². The predicted octanol–water partition coefficient (Wildman–Crippen LogP) is 4.80. The Morgan fingerprint density at radius 2 is 1.58 bits per heavy atom. The average Bonchev–Trinajstić information content (AvgIpc) is 2.69. The molecule has 0 radical (unpaired) electrons. The molecule has 31 heavy (non-hydrogen) atoms. The van der Waals surface area contributed by atoms with Gasteiger partial charge >= 0.3 is 0 Å². The van der Waals surface area contributed by atoms with Crippen LogP contribution in [0.3, 0.4) is 0 Å². The van der Waals surface area contributed by atoms with Gasteiger partial charge in [-0.2, -0.15) is 0 Å². The van der Waals surface area contributed by atoms with Crippen molar-refractivity contribution in [1.29, 1.82) is 0 Å². The minimum Gasteiger partial charge on any atom is -0.319 e. The van der Waals surface area contributed by atoms with E-state index in [1.165, 1.54) is 16.4 Å². The molecule has 0 aliphatic heterocycles. The van der Waals surface area contributed by atoms with Gasteiger partial charge in [0.15, 0.2) is 0 Å². The summed E-state index contributed by atoms with van der Waals surface area (Å²) in [5.41, 5.74) is 3.10. The molecule has 8 heteroatoms. The quantitative estimate of drug-likeness (QED) is 0.594. The first kappa shape index (κ1) is 22.4. The SMILES string of the molecule is Cc1cccc(C)c1N(Cc1ccc(C(=O)Nc2ccc(F)cc2F)cc1)S(C)(=O)=O. The van der Waals surface area contributed by atoms with Crippen LogP contribution in [0, 0.1) is 25.5 Å². The smallest absolute Gasteiger partial charge is 0.255 e. The van der Waals surface area contributed by atoms with Crippen LogP contribution in [0.1, 0.15) is 27.0 Å². The summed E-state index contributed by atoms with van der Waals surface area (Å²) in [5, 5.41) is 2.39. The van der Waals surface area contributed by atoms with Crippen LogP contribution in [0.4, 0.5) is 20.2 Å². The first-order chi connectivity index (χ1) is 14.6. The number of carbonyl (C=O) groups is 1. The number of halogens is 2. The molecular weight excluding hydrogens is 422 g/mol. The van der Waals surface area contributed by atoms with Crippen molar-refractivity contribution < 1.29 is 22.0 Å². The zero-order valence-corrected chi connectivity index (χ0v) is 18.1. The molecule has 1 N–H and O–H groups in total. The standard InChI is InChI=1S/C23H22F2N2O3S/c1-15-5-4-6-16(2)22(15)27(31(3,29)30)14-17-7-9-18(10-8-17)23(28)26-21-12-11-19(24)13-20(21)25/h4-13H,14H2,1-3H3,(H,26,28). The maximum absolute atomic E-state index is 13.8. The van der Waals surface area contributed by atoms with Crippen molar-refractivity contribution in [3.8, 4) is 0 Å². The number of anilines is 2. The molecule has 5 nitrogen and oxygen atoms in total. The van der Waals surface area contributed by atoms with Gasteiger partial charge in [0.2, 0.25) is 10.0 Å². The van der Waals surface area contributed by atoms with E-state index >= 15 is 0 Å². The lowest BCUT2D eigenvalue weighted by Crippen LogP contribution is -2.30. The summed E-state index contributed by atoms with van der Waals surface area (Å²) in [5.74, 6) is -2.17. The number of nitrogens with zero attached hydrogens (tertiary/aromatic N) is 1. The van der Waals surface area contributed by atoms with E-state index in [0.29, 0.717) is 17.3 Å². The summed E-state index contributed by atoms with van der Waals surface area (Å²) in [6, 6.07) is 14.8. The van der Waals surface area contributed by atoms with Gasteiger partial charge in [-0.1, -0.05) is 30.3 Å². The molecule has 0 aliphatic carbocycles. The van der Waals surface area contributed by atoms with Crippen molar-refractivity contribution in [3.63, 3.8) is 0 Å². The zero-order chi connectivity index (χ0) is 22.8. The second kappa shape index (κ2) is 8.85. The maximum atomic E-state index is 13.8. The molecule has 0 aliphatic rings. The van der Waals surface area contributed by atoms with Crippen LogP contribution < -0.4 is 9.62 Å². The van der Waals surface area contributed by atoms with Crippen molar-refractivity contribution in [2.75, 3.05) is 15.9 Å². The largest absolute Gasteiger partial charge is 0.319 e. The minimum atomic E-state index is -3.55. The Labute approximate surface area is 180 Å². The molecule has 0 aromatic heterocycles. The molecule has 3 aromatic rings. The van der Waals surface area contributed by atoms with Crippen LogP contribution in [-0.4, -0.2) is 20.6 Å². The van der Waals surface area contributed by atoms with E-state index in [-0.39, 0.29) is 17.8 Å². The van der Waals surface area contributed by atoms with Crippen LogP contribution in [0.15, 0.2) is 60.7 Å². The fraction of sp³-hybridized carbons (Fsp3) is 0.174. The van der Waals surface area contributed by atoms with E-state index < -0.39 is 27.6 Å². The molecule has 0 saturated heterocycles. The van der Waals surface area contributed by atoms with Gasteiger partial charge < -0.3 is 5.32 Å². The summed E-state index contributed by atoms with van der Waals surface area (Å²) in [6.45, 7) is 3.80. The van der Waals surface area contributed by atoms with Gasteiger partial charge in [0.1, 0.15) is 11.6 Å². The van der Waals surface area contributed by atoms with E-state index in [1.807, 2.05) is 32.0 Å². The number of para-hydroxylation sites is 1. The number of carbonyl (C=O) groups excluding carboxylic acids is 1. The monoisotopic (exact) mass is 444 g/mol. The third-order valence-corrected chi connectivity index (χ3v) is 5.92. The molecular formula is C23H22F2N2O3S. The third-order valence-electron chi connectivity index (χ3n) is 4.81. The van der Waals surface area contributed by atoms with E-state index in [4.69, 9.17) is 0 Å². The van der Waals surface area contributed by atoms with Crippen molar-refractivity contribution in [2.45, 2.75) is 20.4 Å². The van der Waals surface area contributed by atoms with E-state index in [1.54, 1.807) is 12.1 Å². The number of aryl methyl sites for hydroxylation is 2. The Morgan fingerprint density at radius 1 is 0.968 bits per heavy atom. The van der Waals surface area contributed by atoms with Gasteiger partial charge in [-0.05, 0) is 54.8 Å². The molecule has 0 bridgehead atoms. The summed E-state index contributed by atoms with van der Waals surface area (Å²) < 4.78 is 53.1. The Morgan fingerprint density at radius 3 is 2.13 bits per heavy atom. The number of benzene rings is 3. The summed E-state index contributed by atoms with van der Waals surface area (Å²) in [6.07, 6.45) is 1.15. The van der Waals surface area contributed by atoms with Gasteiger partial charge in [-0.3, -0.25) is 9.10 Å². The first-order valence-electron chi connectivity index (χ1n) is 9.45. The van der Waals surface area contributed by atoms with Crippen molar-refractivity contribution in [1.82, 2.24) is 0 Å². The molecule has 0 saturated carbocycles. The molecule has 0 atom stereocenters. The van der Waals surface area contributed by atoms with Crippen LogP contribution >= 0.6 is 0 Å². The summed E-state index contributed by atoms with van der Waals surface area (Å²) in [7, 11) is -3.55. The zero-order valence-electron chi connectivity index (χ0n) is 17.3. The number of sulfonamides is 1. The van der Waals surface area contributed by atoms with Crippen LogP contribution in [-0.2, 0) is 16.6 Å². The third kappa shape index (κ3) is 5.27. The fourth-order valence-electron chi connectivity index (χ4n) is 3.27. The Hall–Kier alpha value is -3.26. The second-order valence-corrected chi connectivity index (χ2v) is 9.19. The normalized spacial score (nSPS) is 11.3. The second-order valence-electron chi connectivity index (χ2n) is 7.29. The molecule has 162 valence electrons. The average molecular weight is 445 g/mol. The lowest BCUT2D eigenvalue weighted by Gasteiger charge is -2.26. The summed E-state index contributed by atoms with van der Waals surface area (Å²) in [4.78, 5) is 12.4. The van der Waals surface area contributed by atoms with E-state index in [0.717, 1.165) is 29.5 Å². The fourth-order valence-corrected chi connectivity index (χ4v) is 4.28. The van der Waals surface area contributed by atoms with Gasteiger partial charge in [0, 0.05) is 11.6 Å². The Bertz CT molecular complexity index is 1210. The van der Waals surface area contributed by atoms with Crippen LogP contribution in [0.2, 0.25) is 0 Å². The highest BCUT2D eigenvalue weighted by Crippen LogP contribution is 2.28. The topological polar surface area (TPSA) is 66.5 Å². The number of hydrogen-bond acceptors (Lipinski definition) is 3. The van der Waals surface area contributed by atoms with Gasteiger partial charge in [-0.15, -0.1) is 0 Å². The van der Waals surface area contributed by atoms with Crippen molar-refractivity contribution >= 4 is 27.3 Å². The van der Waals surface area contributed by atoms with Crippen molar-refractivity contribution in [3.05, 3.63) is 94.6 Å². The van der Waals surface area contributed by atoms with Crippen molar-refractivity contribution in [2.24, 2.45) is 0 Å². The Balaban J connectivity index is 1.82. The molecule has 3 aromatic carbocycles. The van der Waals surface area contributed by atoms with Gasteiger partial charge in [0.05, 0.1) is 24.2 Å². The minimum absolute atomic E-state index is 0.0962. The lowest BCUT2D eigenvalue weighted by molar-refractivity contribution is 0.102. The summed E-state index contributed by atoms with van der Waals surface area (Å²) >= 11 is 0. The highest BCUT2D eigenvalue weighted by Gasteiger charge is 2.21. The molecule has 0 unspecified atom stereocenters. The first-order valence-corrected chi connectivity index (χ1v) is 11.3. The molecule has 1 amide bonds. The lowest BCUT2D eigenvalue weighted by atomic mass is 10.1. The van der Waals surface area contributed by atoms with Crippen LogP contribution in [0.25, 0.3) is 0 Å². The highest BCUT2D eigenvalue weighted by atomic mass is 32.2. The number of nitrogens with one attached hydrogen (secondary N) is 1. The highest BCUT2D eigenvalue weighted by molar-refractivity contribution is 7.92. The predicted molar refractivity (Wildman–Crippen MR) is 118 cm³/mol. The molecule has 3 rings (SSSR count). The number of amides is 1. The van der Waals surface area contributed by atoms with Crippen LogP contribution in [0.5, 0.6) is 0 Å². The van der Waals surface area contributed by atoms with E-state index in [9.17, 15) is 22.0 Å². The Kier molecular flexibility index (Phi) is 6.40.